The van der Waals surface area contributed by atoms with Gasteiger partial charge in [0.2, 0.25) is 0 Å². The molecule has 0 saturated heterocycles. The molecule has 0 spiro atoms. The smallest absolute Gasteiger partial charge is 0.0294 e. The Morgan fingerprint density at radius 3 is 2.45 bits per heavy atom. The summed E-state index contributed by atoms with van der Waals surface area (Å²) in [5.41, 5.74) is 1.42. The Kier molecular flexibility index (Phi) is 6.59. The molecular formula is C19H31N. The summed E-state index contributed by atoms with van der Waals surface area (Å²) < 4.78 is 0. The van der Waals surface area contributed by atoms with Crippen LogP contribution in [-0.2, 0) is 0 Å². The van der Waals surface area contributed by atoms with E-state index in [1.54, 1.807) is 0 Å². The Labute approximate surface area is 125 Å². The van der Waals surface area contributed by atoms with Gasteiger partial charge in [-0.2, -0.15) is 0 Å². The molecule has 2 rings (SSSR count). The fourth-order valence-corrected chi connectivity index (χ4v) is 3.57. The minimum atomic E-state index is 0.472. The first kappa shape index (κ1) is 15.6. The third kappa shape index (κ3) is 4.63. The van der Waals surface area contributed by atoms with Gasteiger partial charge in [0.15, 0.2) is 0 Å². The maximum Gasteiger partial charge on any atom is 0.0294 e. The van der Waals surface area contributed by atoms with Crippen LogP contribution in [0.2, 0.25) is 0 Å². The summed E-state index contributed by atoms with van der Waals surface area (Å²) in [5.74, 6) is 0.904. The first-order valence-electron chi connectivity index (χ1n) is 8.62. The molecule has 1 aromatic rings. The highest BCUT2D eigenvalue weighted by Crippen LogP contribution is 2.30. The van der Waals surface area contributed by atoms with Crippen LogP contribution in [0.5, 0.6) is 0 Å². The van der Waals surface area contributed by atoms with Crippen LogP contribution >= 0.6 is 0 Å². The number of unbranched alkanes of at least 4 members (excludes halogenated alkanes) is 1. The van der Waals surface area contributed by atoms with Crippen molar-refractivity contribution in [2.75, 3.05) is 0 Å². The van der Waals surface area contributed by atoms with Gasteiger partial charge >= 0.3 is 0 Å². The minimum absolute atomic E-state index is 0.472. The third-order valence-electron chi connectivity index (χ3n) is 4.85. The van der Waals surface area contributed by atoms with Crippen molar-refractivity contribution in [2.45, 2.75) is 77.3 Å². The lowest BCUT2D eigenvalue weighted by Gasteiger charge is -2.33. The van der Waals surface area contributed by atoms with Gasteiger partial charge in [0.1, 0.15) is 0 Å². The number of hydrogen-bond acceptors (Lipinski definition) is 1. The third-order valence-corrected chi connectivity index (χ3v) is 4.85. The molecule has 0 aliphatic heterocycles. The molecule has 112 valence electrons. The predicted molar refractivity (Wildman–Crippen MR) is 87.9 cm³/mol. The second kappa shape index (κ2) is 8.46. The number of rotatable bonds is 7. The molecule has 0 heterocycles. The lowest BCUT2D eigenvalue weighted by atomic mass is 9.81. The first-order chi connectivity index (χ1) is 9.81. The first-order valence-corrected chi connectivity index (χ1v) is 8.62. The van der Waals surface area contributed by atoms with Crippen molar-refractivity contribution in [1.82, 2.24) is 5.32 Å². The van der Waals surface area contributed by atoms with E-state index in [1.165, 1.54) is 56.9 Å². The van der Waals surface area contributed by atoms with Gasteiger partial charge in [-0.15, -0.1) is 0 Å². The highest BCUT2D eigenvalue weighted by molar-refractivity contribution is 5.18. The number of nitrogens with one attached hydrogen (secondary N) is 1. The molecule has 0 bridgehead atoms. The van der Waals surface area contributed by atoms with E-state index in [1.807, 2.05) is 0 Å². The molecular weight excluding hydrogens is 242 g/mol. The van der Waals surface area contributed by atoms with Crippen molar-refractivity contribution in [1.29, 1.82) is 0 Å². The lowest BCUT2D eigenvalue weighted by molar-refractivity contribution is 0.241. The number of benzene rings is 1. The van der Waals surface area contributed by atoms with Crippen LogP contribution in [0.15, 0.2) is 30.3 Å². The quantitative estimate of drug-likeness (QED) is 0.694. The van der Waals surface area contributed by atoms with Gasteiger partial charge in [-0.05, 0) is 37.7 Å². The zero-order valence-corrected chi connectivity index (χ0v) is 13.3. The molecule has 0 unspecified atom stereocenters. The molecule has 1 nitrogen and oxygen atoms in total. The average Bonchev–Trinajstić information content (AvgIpc) is 2.53. The summed E-state index contributed by atoms with van der Waals surface area (Å²) in [6.45, 7) is 4.62. The molecule has 1 aliphatic rings. The van der Waals surface area contributed by atoms with Crippen molar-refractivity contribution in [2.24, 2.45) is 5.92 Å². The molecule has 0 radical (unpaired) electrons. The van der Waals surface area contributed by atoms with Crippen LogP contribution in [0.25, 0.3) is 0 Å². The van der Waals surface area contributed by atoms with Crippen molar-refractivity contribution in [3.8, 4) is 0 Å². The second-order valence-corrected chi connectivity index (χ2v) is 6.45. The molecule has 2 atom stereocenters. The van der Waals surface area contributed by atoms with Gasteiger partial charge in [-0.3, -0.25) is 0 Å². The lowest BCUT2D eigenvalue weighted by Crippen LogP contribution is -2.38. The molecule has 1 heteroatoms. The SMILES string of the molecule is CCCC[C@@H](N[C@@H](C)c1ccccc1)C1CCCCC1. The molecule has 1 fully saturated rings. The fourth-order valence-electron chi connectivity index (χ4n) is 3.57. The topological polar surface area (TPSA) is 12.0 Å². The van der Waals surface area contributed by atoms with Crippen LogP contribution in [0.4, 0.5) is 0 Å². The van der Waals surface area contributed by atoms with Crippen molar-refractivity contribution < 1.29 is 0 Å². The molecule has 1 aromatic carbocycles. The van der Waals surface area contributed by atoms with Gasteiger partial charge in [0.05, 0.1) is 0 Å². The van der Waals surface area contributed by atoms with Gasteiger partial charge in [-0.1, -0.05) is 69.4 Å². The van der Waals surface area contributed by atoms with E-state index in [2.05, 4.69) is 49.5 Å². The van der Waals surface area contributed by atoms with Gasteiger partial charge in [-0.25, -0.2) is 0 Å². The van der Waals surface area contributed by atoms with E-state index in [-0.39, 0.29) is 0 Å². The van der Waals surface area contributed by atoms with E-state index in [9.17, 15) is 0 Å². The van der Waals surface area contributed by atoms with Crippen LogP contribution in [0.3, 0.4) is 0 Å². The van der Waals surface area contributed by atoms with Crippen LogP contribution in [0, 0.1) is 5.92 Å². The summed E-state index contributed by atoms with van der Waals surface area (Å²) in [4.78, 5) is 0. The molecule has 1 saturated carbocycles. The maximum atomic E-state index is 3.94. The zero-order chi connectivity index (χ0) is 14.2. The van der Waals surface area contributed by atoms with E-state index in [0.29, 0.717) is 12.1 Å². The fraction of sp³-hybridized carbons (Fsp3) is 0.684. The van der Waals surface area contributed by atoms with Crippen molar-refractivity contribution in [3.05, 3.63) is 35.9 Å². The van der Waals surface area contributed by atoms with Crippen LogP contribution in [-0.4, -0.2) is 6.04 Å². The molecule has 20 heavy (non-hydrogen) atoms. The average molecular weight is 273 g/mol. The predicted octanol–water partition coefficient (Wildman–Crippen LogP) is 5.48. The van der Waals surface area contributed by atoms with Crippen molar-refractivity contribution >= 4 is 0 Å². The zero-order valence-electron chi connectivity index (χ0n) is 13.3. The Morgan fingerprint density at radius 1 is 1.10 bits per heavy atom. The van der Waals surface area contributed by atoms with Gasteiger partial charge < -0.3 is 5.32 Å². The Bertz CT molecular complexity index is 353. The maximum absolute atomic E-state index is 3.94. The monoisotopic (exact) mass is 273 g/mol. The summed E-state index contributed by atoms with van der Waals surface area (Å²) in [6, 6.07) is 12.1. The molecule has 0 amide bonds. The largest absolute Gasteiger partial charge is 0.307 e. The summed E-state index contributed by atoms with van der Waals surface area (Å²) in [7, 11) is 0. The Morgan fingerprint density at radius 2 is 1.80 bits per heavy atom. The Balaban J connectivity index is 1.95. The number of hydrogen-bond donors (Lipinski definition) is 1. The normalized spacial score (nSPS) is 19.7. The van der Waals surface area contributed by atoms with Crippen LogP contribution < -0.4 is 5.32 Å². The highest BCUT2D eigenvalue weighted by Gasteiger charge is 2.24. The standard InChI is InChI=1S/C19H31N/c1-3-4-15-19(18-13-9-6-10-14-18)20-16(2)17-11-7-5-8-12-17/h5,7-8,11-12,16,18-20H,3-4,6,9-10,13-15H2,1-2H3/t16-,19+/m0/s1. The second-order valence-electron chi connectivity index (χ2n) is 6.45. The van der Waals surface area contributed by atoms with E-state index in [0.717, 1.165) is 5.92 Å². The van der Waals surface area contributed by atoms with Crippen molar-refractivity contribution in [3.63, 3.8) is 0 Å². The van der Waals surface area contributed by atoms with E-state index < -0.39 is 0 Å². The summed E-state index contributed by atoms with van der Waals surface area (Å²) in [6.07, 6.45) is 11.2. The highest BCUT2D eigenvalue weighted by atomic mass is 15.0. The minimum Gasteiger partial charge on any atom is -0.307 e. The summed E-state index contributed by atoms with van der Waals surface area (Å²) >= 11 is 0. The summed E-state index contributed by atoms with van der Waals surface area (Å²) in [5, 5.41) is 3.94. The van der Waals surface area contributed by atoms with Gasteiger partial charge in [0.25, 0.3) is 0 Å². The molecule has 1 aliphatic carbocycles. The van der Waals surface area contributed by atoms with E-state index >= 15 is 0 Å². The Hall–Kier alpha value is -0.820. The van der Waals surface area contributed by atoms with E-state index in [4.69, 9.17) is 0 Å². The molecule has 0 aromatic heterocycles. The van der Waals surface area contributed by atoms with Gasteiger partial charge in [0, 0.05) is 12.1 Å². The molecule has 1 N–H and O–H groups in total. The van der Waals surface area contributed by atoms with Crippen LogP contribution in [0.1, 0.15) is 76.8 Å².